The molecule has 1 aromatic rings. The molecule has 0 radical (unpaired) electrons. The van der Waals surface area contributed by atoms with Gasteiger partial charge in [0.1, 0.15) is 0 Å². The molecule has 2 unspecified atom stereocenters. The van der Waals surface area contributed by atoms with Crippen LogP contribution in [0.5, 0.6) is 0 Å². The predicted molar refractivity (Wildman–Crippen MR) is 81.3 cm³/mol. The highest BCUT2D eigenvalue weighted by Gasteiger charge is 2.23. The van der Waals surface area contributed by atoms with Crippen molar-refractivity contribution in [1.82, 2.24) is 4.90 Å². The SMILES string of the molecule is COCCN(C(C)C)C(C)C(N)c1ccc(C)cc1. The van der Waals surface area contributed by atoms with E-state index in [0.717, 1.165) is 13.2 Å². The number of ether oxygens (including phenoxy) is 1. The van der Waals surface area contributed by atoms with Crippen LogP contribution in [0.3, 0.4) is 0 Å². The number of nitrogens with two attached hydrogens (primary N) is 1. The van der Waals surface area contributed by atoms with Crippen LogP contribution in [0.2, 0.25) is 0 Å². The molecule has 0 aliphatic carbocycles. The minimum absolute atomic E-state index is 0.0276. The summed E-state index contributed by atoms with van der Waals surface area (Å²) in [7, 11) is 1.74. The first-order chi connectivity index (χ1) is 8.97. The van der Waals surface area contributed by atoms with E-state index in [1.807, 2.05) is 0 Å². The Bertz CT molecular complexity index is 362. The molecular formula is C16H28N2O. The Hall–Kier alpha value is -0.900. The average molecular weight is 264 g/mol. The summed E-state index contributed by atoms with van der Waals surface area (Å²) >= 11 is 0. The summed E-state index contributed by atoms with van der Waals surface area (Å²) in [5.74, 6) is 0. The fourth-order valence-corrected chi connectivity index (χ4v) is 2.40. The second-order valence-corrected chi connectivity index (χ2v) is 5.50. The monoisotopic (exact) mass is 264 g/mol. The molecular weight excluding hydrogens is 236 g/mol. The van der Waals surface area contributed by atoms with Crippen molar-refractivity contribution in [2.24, 2.45) is 5.73 Å². The van der Waals surface area contributed by atoms with Gasteiger partial charge in [-0.25, -0.2) is 0 Å². The van der Waals surface area contributed by atoms with Crippen molar-refractivity contribution in [1.29, 1.82) is 0 Å². The maximum Gasteiger partial charge on any atom is 0.0589 e. The quantitative estimate of drug-likeness (QED) is 0.823. The van der Waals surface area contributed by atoms with Crippen LogP contribution in [-0.4, -0.2) is 37.2 Å². The standard InChI is InChI=1S/C16H28N2O/c1-12(2)18(10-11-19-5)14(4)16(17)15-8-6-13(3)7-9-15/h6-9,12,14,16H,10-11,17H2,1-5H3. The average Bonchev–Trinajstić information content (AvgIpc) is 2.38. The van der Waals surface area contributed by atoms with Crippen molar-refractivity contribution in [2.75, 3.05) is 20.3 Å². The molecule has 2 atom stereocenters. The Morgan fingerprint density at radius 1 is 1.16 bits per heavy atom. The lowest BCUT2D eigenvalue weighted by Gasteiger charge is -2.36. The minimum atomic E-state index is 0.0276. The second kappa shape index (κ2) is 7.63. The van der Waals surface area contributed by atoms with Crippen LogP contribution < -0.4 is 5.73 Å². The van der Waals surface area contributed by atoms with E-state index in [2.05, 4.69) is 56.9 Å². The number of hydrogen-bond donors (Lipinski definition) is 1. The fraction of sp³-hybridized carbons (Fsp3) is 0.625. The van der Waals surface area contributed by atoms with Gasteiger partial charge in [-0.15, -0.1) is 0 Å². The number of nitrogens with zero attached hydrogens (tertiary/aromatic N) is 1. The van der Waals surface area contributed by atoms with Gasteiger partial charge in [0.15, 0.2) is 0 Å². The van der Waals surface area contributed by atoms with Gasteiger partial charge >= 0.3 is 0 Å². The molecule has 3 nitrogen and oxygen atoms in total. The molecule has 1 aromatic carbocycles. The van der Waals surface area contributed by atoms with Gasteiger partial charge in [0.2, 0.25) is 0 Å². The minimum Gasteiger partial charge on any atom is -0.383 e. The Labute approximate surface area is 117 Å². The van der Waals surface area contributed by atoms with Crippen molar-refractivity contribution in [3.8, 4) is 0 Å². The van der Waals surface area contributed by atoms with Gasteiger partial charge in [-0.3, -0.25) is 4.90 Å². The molecule has 0 fully saturated rings. The number of rotatable bonds is 7. The van der Waals surface area contributed by atoms with E-state index in [0.29, 0.717) is 6.04 Å². The van der Waals surface area contributed by atoms with E-state index < -0.39 is 0 Å². The third-order valence-electron chi connectivity index (χ3n) is 3.72. The summed E-state index contributed by atoms with van der Waals surface area (Å²) in [5, 5.41) is 0. The zero-order valence-corrected chi connectivity index (χ0v) is 12.9. The van der Waals surface area contributed by atoms with Crippen LogP contribution in [0, 0.1) is 6.92 Å². The lowest BCUT2D eigenvalue weighted by atomic mass is 9.98. The van der Waals surface area contributed by atoms with Gasteiger partial charge in [0, 0.05) is 31.8 Å². The van der Waals surface area contributed by atoms with Crippen molar-refractivity contribution < 1.29 is 4.74 Å². The van der Waals surface area contributed by atoms with Gasteiger partial charge < -0.3 is 10.5 Å². The Balaban J connectivity index is 2.77. The molecule has 0 saturated carbocycles. The Morgan fingerprint density at radius 3 is 2.21 bits per heavy atom. The first-order valence-corrected chi connectivity index (χ1v) is 7.04. The van der Waals surface area contributed by atoms with Gasteiger partial charge in [0.05, 0.1) is 6.61 Å². The number of aryl methyl sites for hydroxylation is 1. The van der Waals surface area contributed by atoms with Gasteiger partial charge in [-0.1, -0.05) is 29.8 Å². The Morgan fingerprint density at radius 2 is 1.74 bits per heavy atom. The van der Waals surface area contributed by atoms with Crippen LogP contribution in [0.1, 0.15) is 37.9 Å². The highest BCUT2D eigenvalue weighted by Crippen LogP contribution is 2.20. The van der Waals surface area contributed by atoms with Crippen molar-refractivity contribution in [2.45, 2.75) is 45.8 Å². The summed E-state index contributed by atoms with van der Waals surface area (Å²) in [6.07, 6.45) is 0. The van der Waals surface area contributed by atoms with E-state index in [4.69, 9.17) is 10.5 Å². The smallest absolute Gasteiger partial charge is 0.0589 e. The first kappa shape index (κ1) is 16.2. The zero-order valence-electron chi connectivity index (χ0n) is 12.9. The summed E-state index contributed by atoms with van der Waals surface area (Å²) in [6, 6.07) is 9.28. The summed E-state index contributed by atoms with van der Waals surface area (Å²) in [6.45, 7) is 10.3. The molecule has 0 bridgehead atoms. The first-order valence-electron chi connectivity index (χ1n) is 7.04. The van der Waals surface area contributed by atoms with Crippen LogP contribution >= 0.6 is 0 Å². The number of hydrogen-bond acceptors (Lipinski definition) is 3. The highest BCUT2D eigenvalue weighted by molar-refractivity contribution is 5.24. The summed E-state index contributed by atoms with van der Waals surface area (Å²) in [5.41, 5.74) is 8.88. The normalized spacial score (nSPS) is 14.9. The van der Waals surface area contributed by atoms with Gasteiger partial charge in [-0.05, 0) is 33.3 Å². The zero-order chi connectivity index (χ0) is 14.4. The largest absolute Gasteiger partial charge is 0.383 e. The topological polar surface area (TPSA) is 38.5 Å². The molecule has 0 aliphatic heterocycles. The van der Waals surface area contributed by atoms with E-state index >= 15 is 0 Å². The van der Waals surface area contributed by atoms with Crippen molar-refractivity contribution in [3.63, 3.8) is 0 Å². The van der Waals surface area contributed by atoms with E-state index in [1.54, 1.807) is 7.11 Å². The fourth-order valence-electron chi connectivity index (χ4n) is 2.40. The number of methoxy groups -OCH3 is 1. The summed E-state index contributed by atoms with van der Waals surface area (Å²) in [4.78, 5) is 2.40. The lowest BCUT2D eigenvalue weighted by molar-refractivity contribution is 0.0914. The van der Waals surface area contributed by atoms with E-state index in [-0.39, 0.29) is 12.1 Å². The third kappa shape index (κ3) is 4.60. The maximum absolute atomic E-state index is 6.42. The molecule has 0 aromatic heterocycles. The molecule has 2 N–H and O–H groups in total. The van der Waals surface area contributed by atoms with Crippen LogP contribution in [0.4, 0.5) is 0 Å². The molecule has 19 heavy (non-hydrogen) atoms. The maximum atomic E-state index is 6.42. The molecule has 108 valence electrons. The van der Waals surface area contributed by atoms with Gasteiger partial charge in [0.25, 0.3) is 0 Å². The summed E-state index contributed by atoms with van der Waals surface area (Å²) < 4.78 is 5.19. The van der Waals surface area contributed by atoms with E-state index in [9.17, 15) is 0 Å². The van der Waals surface area contributed by atoms with Crippen molar-refractivity contribution >= 4 is 0 Å². The van der Waals surface area contributed by atoms with Crippen LogP contribution in [-0.2, 0) is 4.74 Å². The molecule has 3 heteroatoms. The predicted octanol–water partition coefficient (Wildman–Crippen LogP) is 2.74. The Kier molecular flexibility index (Phi) is 6.49. The molecule has 0 heterocycles. The van der Waals surface area contributed by atoms with Gasteiger partial charge in [-0.2, -0.15) is 0 Å². The van der Waals surface area contributed by atoms with E-state index in [1.165, 1.54) is 11.1 Å². The van der Waals surface area contributed by atoms with Crippen molar-refractivity contribution in [3.05, 3.63) is 35.4 Å². The molecule has 1 rings (SSSR count). The molecule has 0 aliphatic rings. The molecule has 0 saturated heterocycles. The molecule has 0 amide bonds. The lowest BCUT2D eigenvalue weighted by Crippen LogP contribution is -2.46. The van der Waals surface area contributed by atoms with Crippen LogP contribution in [0.25, 0.3) is 0 Å². The molecule has 0 spiro atoms. The van der Waals surface area contributed by atoms with Crippen LogP contribution in [0.15, 0.2) is 24.3 Å². The highest BCUT2D eigenvalue weighted by atomic mass is 16.5. The number of benzene rings is 1. The second-order valence-electron chi connectivity index (χ2n) is 5.50. The third-order valence-corrected chi connectivity index (χ3v) is 3.72.